The Morgan fingerprint density at radius 1 is 1.17 bits per heavy atom. The molecule has 0 spiro atoms. The number of halogens is 1. The molecule has 0 radical (unpaired) electrons. The predicted octanol–water partition coefficient (Wildman–Crippen LogP) is 3.65. The van der Waals surface area contributed by atoms with Crippen LogP contribution in [0.15, 0.2) is 47.2 Å². The van der Waals surface area contributed by atoms with Crippen LogP contribution >= 0.6 is 15.9 Å². The summed E-state index contributed by atoms with van der Waals surface area (Å²) in [6.45, 7) is 2.08. The van der Waals surface area contributed by atoms with Crippen molar-refractivity contribution >= 4 is 27.1 Å². The third-order valence-electron chi connectivity index (χ3n) is 3.04. The molecule has 0 bridgehead atoms. The number of hydrogen-bond acceptors (Lipinski definition) is 2. The Hall–Kier alpha value is -1.81. The van der Waals surface area contributed by atoms with Gasteiger partial charge in [-0.2, -0.15) is 0 Å². The SMILES string of the molecule is Cc1ccccc1-c1nc(Br)c2c(N)cccn12. The zero-order valence-electron chi connectivity index (χ0n) is 9.89. The quantitative estimate of drug-likeness (QED) is 0.745. The molecule has 3 aromatic rings. The van der Waals surface area contributed by atoms with Crippen LogP contribution in [0.2, 0.25) is 0 Å². The number of nitrogens with two attached hydrogens (primary N) is 1. The molecule has 0 amide bonds. The van der Waals surface area contributed by atoms with Gasteiger partial charge in [-0.15, -0.1) is 0 Å². The monoisotopic (exact) mass is 301 g/mol. The van der Waals surface area contributed by atoms with E-state index in [1.807, 2.05) is 34.9 Å². The summed E-state index contributed by atoms with van der Waals surface area (Å²) in [5, 5.41) is 0. The fourth-order valence-electron chi connectivity index (χ4n) is 2.13. The molecule has 0 aliphatic heterocycles. The molecule has 90 valence electrons. The topological polar surface area (TPSA) is 43.3 Å². The third-order valence-corrected chi connectivity index (χ3v) is 3.59. The lowest BCUT2D eigenvalue weighted by molar-refractivity contribution is 1.15. The average molecular weight is 302 g/mol. The largest absolute Gasteiger partial charge is 0.397 e. The number of rotatable bonds is 1. The van der Waals surface area contributed by atoms with Gasteiger partial charge in [-0.3, -0.25) is 4.40 Å². The second-order valence-electron chi connectivity index (χ2n) is 4.22. The van der Waals surface area contributed by atoms with E-state index in [1.54, 1.807) is 0 Å². The Morgan fingerprint density at radius 3 is 2.72 bits per heavy atom. The summed E-state index contributed by atoms with van der Waals surface area (Å²) in [5.41, 5.74) is 9.94. The molecule has 0 saturated heterocycles. The lowest BCUT2D eigenvalue weighted by atomic mass is 10.1. The number of benzene rings is 1. The van der Waals surface area contributed by atoms with E-state index >= 15 is 0 Å². The Bertz CT molecular complexity index is 731. The number of aromatic nitrogens is 2. The second kappa shape index (κ2) is 4.14. The number of nitrogens with zero attached hydrogens (tertiary/aromatic N) is 2. The van der Waals surface area contributed by atoms with Crippen LogP contribution in [0.25, 0.3) is 16.9 Å². The minimum atomic E-state index is 0.719. The van der Waals surface area contributed by atoms with Crippen LogP contribution in [-0.4, -0.2) is 9.38 Å². The summed E-state index contributed by atoms with van der Waals surface area (Å²) < 4.78 is 2.79. The third kappa shape index (κ3) is 1.61. The van der Waals surface area contributed by atoms with Gasteiger partial charge in [0.2, 0.25) is 0 Å². The molecule has 3 nitrogen and oxygen atoms in total. The highest BCUT2D eigenvalue weighted by Gasteiger charge is 2.13. The van der Waals surface area contributed by atoms with Crippen molar-refractivity contribution in [3.8, 4) is 11.4 Å². The smallest absolute Gasteiger partial charge is 0.146 e. The van der Waals surface area contributed by atoms with Crippen LogP contribution in [0.5, 0.6) is 0 Å². The highest BCUT2D eigenvalue weighted by molar-refractivity contribution is 9.10. The van der Waals surface area contributed by atoms with Crippen molar-refractivity contribution in [3.63, 3.8) is 0 Å². The molecule has 18 heavy (non-hydrogen) atoms. The average Bonchev–Trinajstić information content (AvgIpc) is 2.69. The molecule has 1 aromatic carbocycles. The molecule has 0 fully saturated rings. The first-order chi connectivity index (χ1) is 8.68. The Labute approximate surface area is 113 Å². The van der Waals surface area contributed by atoms with Crippen molar-refractivity contribution < 1.29 is 0 Å². The van der Waals surface area contributed by atoms with E-state index in [2.05, 4.69) is 40.0 Å². The molecule has 2 heterocycles. The maximum atomic E-state index is 6.00. The van der Waals surface area contributed by atoms with Crippen molar-refractivity contribution in [2.75, 3.05) is 5.73 Å². The van der Waals surface area contributed by atoms with Crippen LogP contribution < -0.4 is 5.73 Å². The summed E-state index contributed by atoms with van der Waals surface area (Å²) in [4.78, 5) is 4.58. The number of pyridine rings is 1. The first-order valence-corrected chi connectivity index (χ1v) is 6.46. The van der Waals surface area contributed by atoms with Crippen LogP contribution in [0.4, 0.5) is 5.69 Å². The van der Waals surface area contributed by atoms with E-state index in [-0.39, 0.29) is 0 Å². The standard InChI is InChI=1S/C14H12BrN3/c1-9-5-2-3-6-10(9)14-17-13(15)12-11(16)7-4-8-18(12)14/h2-8H,16H2,1H3. The lowest BCUT2D eigenvalue weighted by Gasteiger charge is -2.05. The molecule has 3 rings (SSSR count). The summed E-state index contributed by atoms with van der Waals surface area (Å²) in [6.07, 6.45) is 1.98. The zero-order chi connectivity index (χ0) is 12.7. The van der Waals surface area contributed by atoms with E-state index < -0.39 is 0 Å². The van der Waals surface area contributed by atoms with Gasteiger partial charge in [0.25, 0.3) is 0 Å². The second-order valence-corrected chi connectivity index (χ2v) is 4.97. The molecular formula is C14H12BrN3. The van der Waals surface area contributed by atoms with E-state index in [9.17, 15) is 0 Å². The van der Waals surface area contributed by atoms with Crippen molar-refractivity contribution in [1.82, 2.24) is 9.38 Å². The van der Waals surface area contributed by atoms with Gasteiger partial charge in [0, 0.05) is 11.8 Å². The number of hydrogen-bond donors (Lipinski definition) is 1. The van der Waals surface area contributed by atoms with Crippen molar-refractivity contribution in [2.45, 2.75) is 6.92 Å². The summed E-state index contributed by atoms with van der Waals surface area (Å²) in [5.74, 6) is 0.905. The van der Waals surface area contributed by atoms with Gasteiger partial charge in [-0.1, -0.05) is 24.3 Å². The van der Waals surface area contributed by atoms with E-state index in [1.165, 1.54) is 5.56 Å². The van der Waals surface area contributed by atoms with E-state index in [4.69, 9.17) is 5.73 Å². The van der Waals surface area contributed by atoms with Gasteiger partial charge < -0.3 is 5.73 Å². The summed E-state index contributed by atoms with van der Waals surface area (Å²) in [7, 11) is 0. The molecule has 2 N–H and O–H groups in total. The minimum absolute atomic E-state index is 0.719. The normalized spacial score (nSPS) is 11.0. The Kier molecular flexibility index (Phi) is 2.59. The highest BCUT2D eigenvalue weighted by atomic mass is 79.9. The molecule has 2 aromatic heterocycles. The van der Waals surface area contributed by atoms with Crippen molar-refractivity contribution in [1.29, 1.82) is 0 Å². The summed E-state index contributed by atoms with van der Waals surface area (Å²) in [6, 6.07) is 12.0. The Morgan fingerprint density at radius 2 is 1.94 bits per heavy atom. The van der Waals surface area contributed by atoms with Gasteiger partial charge in [0.1, 0.15) is 15.9 Å². The van der Waals surface area contributed by atoms with Crippen LogP contribution in [0, 0.1) is 6.92 Å². The first kappa shape index (κ1) is 11.3. The first-order valence-electron chi connectivity index (χ1n) is 5.66. The van der Waals surface area contributed by atoms with Gasteiger partial charge in [0.05, 0.1) is 5.69 Å². The van der Waals surface area contributed by atoms with Crippen LogP contribution in [0.1, 0.15) is 5.56 Å². The van der Waals surface area contributed by atoms with Crippen LogP contribution in [0.3, 0.4) is 0 Å². The number of fused-ring (bicyclic) bond motifs is 1. The maximum absolute atomic E-state index is 6.00. The fraction of sp³-hybridized carbons (Fsp3) is 0.0714. The number of anilines is 1. The van der Waals surface area contributed by atoms with E-state index in [0.717, 1.165) is 27.2 Å². The highest BCUT2D eigenvalue weighted by Crippen LogP contribution is 2.30. The van der Waals surface area contributed by atoms with E-state index in [0.29, 0.717) is 0 Å². The lowest BCUT2D eigenvalue weighted by Crippen LogP contribution is -1.94. The molecule has 0 saturated carbocycles. The molecule has 0 unspecified atom stereocenters. The van der Waals surface area contributed by atoms with Gasteiger partial charge >= 0.3 is 0 Å². The fourth-order valence-corrected chi connectivity index (χ4v) is 2.72. The molecule has 0 atom stereocenters. The molecule has 0 aliphatic rings. The predicted molar refractivity (Wildman–Crippen MR) is 77.5 cm³/mol. The molecule has 4 heteroatoms. The molecule has 0 aliphatic carbocycles. The number of aryl methyl sites for hydroxylation is 1. The summed E-state index contributed by atoms with van der Waals surface area (Å²) >= 11 is 3.48. The van der Waals surface area contributed by atoms with Crippen molar-refractivity contribution in [2.24, 2.45) is 0 Å². The van der Waals surface area contributed by atoms with Crippen molar-refractivity contribution in [3.05, 3.63) is 52.8 Å². The Balaban J connectivity index is 2.38. The minimum Gasteiger partial charge on any atom is -0.397 e. The van der Waals surface area contributed by atoms with Gasteiger partial charge in [-0.25, -0.2) is 4.98 Å². The zero-order valence-corrected chi connectivity index (χ0v) is 11.5. The maximum Gasteiger partial charge on any atom is 0.146 e. The molecular weight excluding hydrogens is 290 g/mol. The van der Waals surface area contributed by atoms with Gasteiger partial charge in [-0.05, 0) is 40.5 Å². The number of imidazole rings is 1. The number of nitrogen functional groups attached to an aromatic ring is 1. The van der Waals surface area contributed by atoms with Crippen LogP contribution in [-0.2, 0) is 0 Å². The van der Waals surface area contributed by atoms with Gasteiger partial charge in [0.15, 0.2) is 0 Å².